The first-order valence-corrected chi connectivity index (χ1v) is 19.5. The SMILES string of the molecule is CC1CCC(C)CC1.CC1CCC(C)CC1.Cc1ccc(C)c(F)c1.Cc1ccc(C)c(F)c1.Cc1ccc(C)c(F)c1F.Cc1ccc(C)c(F)c1F. The molecule has 6 rings (SSSR count). The van der Waals surface area contributed by atoms with Crippen LogP contribution in [0.25, 0.3) is 0 Å². The van der Waals surface area contributed by atoms with Crippen molar-refractivity contribution in [1.82, 2.24) is 0 Å². The van der Waals surface area contributed by atoms with Crippen LogP contribution in [-0.4, -0.2) is 0 Å². The molecule has 0 nitrogen and oxygen atoms in total. The van der Waals surface area contributed by atoms with E-state index < -0.39 is 23.3 Å². The minimum absolute atomic E-state index is 0.116. The molecule has 0 spiro atoms. The third-order valence-corrected chi connectivity index (χ3v) is 10.2. The molecule has 300 valence electrons. The topological polar surface area (TPSA) is 0 Å². The largest absolute Gasteiger partial charge is 0.207 e. The predicted octanol–water partition coefficient (Wildman–Crippen LogP) is 15.7. The summed E-state index contributed by atoms with van der Waals surface area (Å²) in [6.07, 6.45) is 11.8. The lowest BCUT2D eigenvalue weighted by Gasteiger charge is -2.22. The summed E-state index contributed by atoms with van der Waals surface area (Å²) in [7, 11) is 0. The number of halogens is 6. The molecular formula is C48H66F6. The molecule has 2 aliphatic carbocycles. The minimum atomic E-state index is -0.736. The highest BCUT2D eigenvalue weighted by atomic mass is 19.2. The zero-order valence-electron chi connectivity index (χ0n) is 35.0. The van der Waals surface area contributed by atoms with Crippen molar-refractivity contribution in [1.29, 1.82) is 0 Å². The van der Waals surface area contributed by atoms with E-state index in [4.69, 9.17) is 0 Å². The van der Waals surface area contributed by atoms with Gasteiger partial charge in [-0.1, -0.05) is 128 Å². The van der Waals surface area contributed by atoms with Gasteiger partial charge in [-0.3, -0.25) is 0 Å². The van der Waals surface area contributed by atoms with Gasteiger partial charge in [0.25, 0.3) is 0 Å². The Bertz CT molecular complexity index is 1480. The quantitative estimate of drug-likeness (QED) is 0.157. The van der Waals surface area contributed by atoms with Crippen molar-refractivity contribution < 1.29 is 26.3 Å². The van der Waals surface area contributed by atoms with E-state index in [-0.39, 0.29) is 11.6 Å². The Balaban J connectivity index is 0.000000325. The Morgan fingerprint density at radius 3 is 0.667 bits per heavy atom. The maximum atomic E-state index is 12.6. The summed E-state index contributed by atoms with van der Waals surface area (Å²) in [6, 6.07) is 16.7. The van der Waals surface area contributed by atoms with Gasteiger partial charge >= 0.3 is 0 Å². The number of hydrogen-bond acceptors (Lipinski definition) is 0. The number of benzene rings is 4. The van der Waals surface area contributed by atoms with E-state index in [2.05, 4.69) is 27.7 Å². The van der Waals surface area contributed by atoms with Gasteiger partial charge in [-0.2, -0.15) is 0 Å². The molecule has 0 atom stereocenters. The van der Waals surface area contributed by atoms with Gasteiger partial charge in [-0.05, 0) is 136 Å². The molecule has 0 aromatic heterocycles. The summed E-state index contributed by atoms with van der Waals surface area (Å²) < 4.78 is 75.6. The average molecular weight is 757 g/mol. The Morgan fingerprint density at radius 1 is 0.315 bits per heavy atom. The molecule has 0 radical (unpaired) electrons. The first kappa shape index (κ1) is 48.5. The molecule has 0 saturated heterocycles. The summed E-state index contributed by atoms with van der Waals surface area (Å²) >= 11 is 0. The third-order valence-electron chi connectivity index (χ3n) is 10.2. The van der Waals surface area contributed by atoms with Crippen LogP contribution in [0.15, 0.2) is 60.7 Å². The summed E-state index contributed by atoms with van der Waals surface area (Å²) in [5, 5.41) is 0. The van der Waals surface area contributed by atoms with Gasteiger partial charge in [0.05, 0.1) is 0 Å². The van der Waals surface area contributed by atoms with E-state index in [1.165, 1.54) is 91.2 Å². The molecule has 2 saturated carbocycles. The van der Waals surface area contributed by atoms with Crippen LogP contribution in [0.5, 0.6) is 0 Å². The van der Waals surface area contributed by atoms with Gasteiger partial charge in [0.15, 0.2) is 23.3 Å². The molecule has 54 heavy (non-hydrogen) atoms. The van der Waals surface area contributed by atoms with Crippen molar-refractivity contribution >= 4 is 0 Å². The Kier molecular flexibility index (Phi) is 22.2. The fourth-order valence-electron chi connectivity index (χ4n) is 5.73. The first-order chi connectivity index (χ1) is 25.2. The molecule has 4 aromatic carbocycles. The van der Waals surface area contributed by atoms with Crippen LogP contribution in [0.3, 0.4) is 0 Å². The van der Waals surface area contributed by atoms with Gasteiger partial charge in [0.1, 0.15) is 11.6 Å². The second-order valence-corrected chi connectivity index (χ2v) is 15.9. The summed E-state index contributed by atoms with van der Waals surface area (Å²) in [5.41, 5.74) is 4.76. The normalized spacial score (nSPS) is 18.7. The van der Waals surface area contributed by atoms with Gasteiger partial charge in [0, 0.05) is 0 Å². The van der Waals surface area contributed by atoms with Crippen LogP contribution < -0.4 is 0 Å². The summed E-state index contributed by atoms with van der Waals surface area (Å²) in [4.78, 5) is 0. The smallest absolute Gasteiger partial charge is 0.161 e. The first-order valence-electron chi connectivity index (χ1n) is 19.5. The van der Waals surface area contributed by atoms with Crippen LogP contribution in [0, 0.1) is 114 Å². The van der Waals surface area contributed by atoms with Gasteiger partial charge in [0.2, 0.25) is 0 Å². The standard InChI is InChI=1S/2C8H8F2.2C8H9F.2C8H16/c2*1-5-3-4-6(2)8(10)7(5)9;2*1-6-3-4-7(2)8(9)5-6;2*1-7-3-5-8(2)6-4-7/h2*3-4H,1-2H3;2*3-5H,1-2H3;2*7-8H,3-6H2,1-2H3. The maximum Gasteiger partial charge on any atom is 0.161 e. The number of rotatable bonds is 0. The lowest BCUT2D eigenvalue weighted by atomic mass is 9.84. The molecule has 0 heterocycles. The van der Waals surface area contributed by atoms with Crippen LogP contribution in [0.2, 0.25) is 0 Å². The van der Waals surface area contributed by atoms with Crippen LogP contribution >= 0.6 is 0 Å². The van der Waals surface area contributed by atoms with Crippen LogP contribution in [0.4, 0.5) is 26.3 Å². The minimum Gasteiger partial charge on any atom is -0.207 e. The van der Waals surface area contributed by atoms with Crippen molar-refractivity contribution in [3.63, 3.8) is 0 Å². The Labute approximate surface area is 323 Å². The highest BCUT2D eigenvalue weighted by molar-refractivity contribution is 5.25. The summed E-state index contributed by atoms with van der Waals surface area (Å²) in [5.74, 6) is 0.903. The van der Waals surface area contributed by atoms with E-state index in [0.29, 0.717) is 33.4 Å². The molecule has 0 unspecified atom stereocenters. The molecule has 0 amide bonds. The second kappa shape index (κ2) is 24.8. The monoisotopic (exact) mass is 757 g/mol. The fraction of sp³-hybridized carbons (Fsp3) is 0.500. The molecule has 0 N–H and O–H groups in total. The lowest BCUT2D eigenvalue weighted by molar-refractivity contribution is 0.308. The number of aryl methyl sites for hydroxylation is 8. The highest BCUT2D eigenvalue weighted by Gasteiger charge is 2.14. The van der Waals surface area contributed by atoms with Crippen LogP contribution in [-0.2, 0) is 0 Å². The molecule has 2 aliphatic rings. The van der Waals surface area contributed by atoms with Crippen molar-refractivity contribution in [2.45, 2.75) is 134 Å². The van der Waals surface area contributed by atoms with Crippen LogP contribution in [0.1, 0.15) is 124 Å². The average Bonchev–Trinajstić information content (AvgIpc) is 3.14. The second-order valence-electron chi connectivity index (χ2n) is 15.9. The van der Waals surface area contributed by atoms with Crippen molar-refractivity contribution in [3.8, 4) is 0 Å². The van der Waals surface area contributed by atoms with Gasteiger partial charge in [-0.25, -0.2) is 26.3 Å². The zero-order chi connectivity index (χ0) is 41.1. The maximum absolute atomic E-state index is 12.6. The van der Waals surface area contributed by atoms with E-state index in [0.717, 1.165) is 34.8 Å². The summed E-state index contributed by atoms with van der Waals surface area (Å²) in [6.45, 7) is 22.9. The predicted molar refractivity (Wildman–Crippen MR) is 217 cm³/mol. The molecule has 4 aromatic rings. The Morgan fingerprint density at radius 2 is 0.500 bits per heavy atom. The molecule has 0 bridgehead atoms. The van der Waals surface area contributed by atoms with Gasteiger partial charge in [-0.15, -0.1) is 0 Å². The van der Waals surface area contributed by atoms with Gasteiger partial charge < -0.3 is 0 Å². The van der Waals surface area contributed by atoms with E-state index >= 15 is 0 Å². The third kappa shape index (κ3) is 18.7. The number of hydrogen-bond donors (Lipinski definition) is 0. The zero-order valence-corrected chi connectivity index (χ0v) is 35.0. The highest BCUT2D eigenvalue weighted by Crippen LogP contribution is 2.28. The van der Waals surface area contributed by atoms with Crippen molar-refractivity contribution in [2.24, 2.45) is 23.7 Å². The fourth-order valence-corrected chi connectivity index (χ4v) is 5.73. The Hall–Kier alpha value is -3.54. The molecule has 0 aliphatic heterocycles. The van der Waals surface area contributed by atoms with E-state index in [1.54, 1.807) is 50.2 Å². The lowest BCUT2D eigenvalue weighted by Crippen LogP contribution is -2.08. The molecule has 2 fully saturated rings. The van der Waals surface area contributed by atoms with Crippen molar-refractivity contribution in [3.05, 3.63) is 140 Å². The van der Waals surface area contributed by atoms with Crippen molar-refractivity contribution in [2.75, 3.05) is 0 Å². The van der Waals surface area contributed by atoms with E-state index in [9.17, 15) is 26.3 Å². The molecular weight excluding hydrogens is 691 g/mol. The molecule has 6 heteroatoms. The van der Waals surface area contributed by atoms with E-state index in [1.807, 2.05) is 26.0 Å².